The second-order valence-electron chi connectivity index (χ2n) is 5.32. The van der Waals surface area contributed by atoms with Gasteiger partial charge in [0.15, 0.2) is 4.90 Å². The van der Waals surface area contributed by atoms with Gasteiger partial charge in [0.1, 0.15) is 0 Å². The molecule has 0 aromatic heterocycles. The molecule has 1 aliphatic rings. The standard InChI is InChI=1S/C13H19N3O4S/c14-11-5-6-12(16(17)18)13(9-11)21(19,20)15-8-7-10-3-1-2-4-10/h5-6,9-10,15H,1-4,7-8,14H2. The summed E-state index contributed by atoms with van der Waals surface area (Å²) in [5.41, 5.74) is 5.25. The molecule has 0 heterocycles. The molecule has 0 aliphatic heterocycles. The fourth-order valence-corrected chi connectivity index (χ4v) is 3.92. The minimum atomic E-state index is -3.92. The highest BCUT2D eigenvalue weighted by atomic mass is 32.2. The average Bonchev–Trinajstić information content (AvgIpc) is 2.91. The Morgan fingerprint density at radius 2 is 2.00 bits per heavy atom. The fraction of sp³-hybridized carbons (Fsp3) is 0.538. The summed E-state index contributed by atoms with van der Waals surface area (Å²) < 4.78 is 26.9. The van der Waals surface area contributed by atoms with Crippen LogP contribution in [0.4, 0.5) is 11.4 Å². The Morgan fingerprint density at radius 1 is 1.33 bits per heavy atom. The van der Waals surface area contributed by atoms with E-state index in [0.29, 0.717) is 12.5 Å². The first-order valence-electron chi connectivity index (χ1n) is 6.94. The molecule has 0 atom stereocenters. The Hall–Kier alpha value is -1.67. The van der Waals surface area contributed by atoms with Crippen LogP contribution >= 0.6 is 0 Å². The minimum absolute atomic E-state index is 0.178. The quantitative estimate of drug-likeness (QED) is 0.473. The number of sulfonamides is 1. The minimum Gasteiger partial charge on any atom is -0.399 e. The number of anilines is 1. The topological polar surface area (TPSA) is 115 Å². The van der Waals surface area contributed by atoms with Crippen molar-refractivity contribution in [1.82, 2.24) is 4.72 Å². The molecule has 1 saturated carbocycles. The lowest BCUT2D eigenvalue weighted by Crippen LogP contribution is -2.26. The van der Waals surface area contributed by atoms with E-state index in [0.717, 1.165) is 31.4 Å². The molecule has 0 bridgehead atoms. The predicted octanol–water partition coefficient (Wildman–Crippen LogP) is 2.04. The Bertz CT molecular complexity index is 624. The van der Waals surface area contributed by atoms with Gasteiger partial charge in [0, 0.05) is 18.3 Å². The monoisotopic (exact) mass is 313 g/mol. The first kappa shape index (κ1) is 15.7. The maximum absolute atomic E-state index is 12.2. The number of rotatable bonds is 6. The van der Waals surface area contributed by atoms with E-state index in [1.165, 1.54) is 18.9 Å². The van der Waals surface area contributed by atoms with Crippen LogP contribution in [0.25, 0.3) is 0 Å². The third-order valence-electron chi connectivity index (χ3n) is 3.79. The average molecular weight is 313 g/mol. The third kappa shape index (κ3) is 3.92. The van der Waals surface area contributed by atoms with E-state index < -0.39 is 20.6 Å². The van der Waals surface area contributed by atoms with E-state index in [2.05, 4.69) is 4.72 Å². The molecule has 2 rings (SSSR count). The summed E-state index contributed by atoms with van der Waals surface area (Å²) >= 11 is 0. The number of benzene rings is 1. The molecule has 1 aromatic rings. The van der Waals surface area contributed by atoms with Crippen LogP contribution in [-0.2, 0) is 10.0 Å². The smallest absolute Gasteiger partial charge is 0.289 e. The van der Waals surface area contributed by atoms with Crippen LogP contribution < -0.4 is 10.5 Å². The largest absolute Gasteiger partial charge is 0.399 e. The van der Waals surface area contributed by atoms with Crippen molar-refractivity contribution in [3.63, 3.8) is 0 Å². The zero-order valence-corrected chi connectivity index (χ0v) is 12.4. The normalized spacial score (nSPS) is 16.2. The molecule has 0 unspecified atom stereocenters. The summed E-state index contributed by atoms with van der Waals surface area (Å²) in [5.74, 6) is 0.545. The molecule has 0 amide bonds. The molecule has 0 saturated heterocycles. The van der Waals surface area contributed by atoms with Crippen molar-refractivity contribution >= 4 is 21.4 Å². The number of nitrogens with two attached hydrogens (primary N) is 1. The highest BCUT2D eigenvalue weighted by molar-refractivity contribution is 7.89. The molecule has 1 fully saturated rings. The highest BCUT2D eigenvalue weighted by Crippen LogP contribution is 2.28. The second kappa shape index (κ2) is 6.40. The van der Waals surface area contributed by atoms with Crippen molar-refractivity contribution in [3.8, 4) is 0 Å². The zero-order chi connectivity index (χ0) is 15.5. The van der Waals surface area contributed by atoms with E-state index in [-0.39, 0.29) is 10.6 Å². The number of hydrogen-bond acceptors (Lipinski definition) is 5. The number of nitrogens with zero attached hydrogens (tertiary/aromatic N) is 1. The van der Waals surface area contributed by atoms with Gasteiger partial charge in [-0.3, -0.25) is 10.1 Å². The summed E-state index contributed by atoms with van der Waals surface area (Å²) in [6.07, 6.45) is 5.39. The molecular formula is C13H19N3O4S. The first-order valence-corrected chi connectivity index (χ1v) is 8.42. The molecule has 1 aliphatic carbocycles. The van der Waals surface area contributed by atoms with Crippen LogP contribution in [-0.4, -0.2) is 19.9 Å². The van der Waals surface area contributed by atoms with Crippen LogP contribution in [0.15, 0.2) is 23.1 Å². The van der Waals surface area contributed by atoms with Gasteiger partial charge in [0.2, 0.25) is 10.0 Å². The zero-order valence-electron chi connectivity index (χ0n) is 11.6. The van der Waals surface area contributed by atoms with Crippen LogP contribution in [0.1, 0.15) is 32.1 Å². The summed E-state index contributed by atoms with van der Waals surface area (Å²) in [6.45, 7) is 0.291. The lowest BCUT2D eigenvalue weighted by atomic mass is 10.1. The SMILES string of the molecule is Nc1ccc([N+](=O)[O-])c(S(=O)(=O)NCCC2CCCC2)c1. The van der Waals surface area contributed by atoms with Gasteiger partial charge >= 0.3 is 0 Å². The Labute approximate surface area is 123 Å². The molecule has 3 N–H and O–H groups in total. The van der Waals surface area contributed by atoms with E-state index in [1.54, 1.807) is 0 Å². The van der Waals surface area contributed by atoms with E-state index in [4.69, 9.17) is 5.73 Å². The number of hydrogen-bond donors (Lipinski definition) is 2. The van der Waals surface area contributed by atoms with Crippen molar-refractivity contribution in [2.75, 3.05) is 12.3 Å². The molecule has 8 heteroatoms. The molecule has 116 valence electrons. The molecule has 21 heavy (non-hydrogen) atoms. The maximum Gasteiger partial charge on any atom is 0.289 e. The van der Waals surface area contributed by atoms with Gasteiger partial charge in [-0.15, -0.1) is 0 Å². The van der Waals surface area contributed by atoms with Gasteiger partial charge in [-0.2, -0.15) is 0 Å². The van der Waals surface area contributed by atoms with E-state index in [1.807, 2.05) is 0 Å². The maximum atomic E-state index is 12.2. The Balaban J connectivity index is 2.11. The summed E-state index contributed by atoms with van der Waals surface area (Å²) in [7, 11) is -3.92. The van der Waals surface area contributed by atoms with Gasteiger partial charge in [-0.05, 0) is 24.5 Å². The van der Waals surface area contributed by atoms with Crippen molar-refractivity contribution in [2.45, 2.75) is 37.0 Å². The Morgan fingerprint density at radius 3 is 2.62 bits per heavy atom. The fourth-order valence-electron chi connectivity index (χ4n) is 2.67. The summed E-state index contributed by atoms with van der Waals surface area (Å²) in [6, 6.07) is 3.55. The van der Waals surface area contributed by atoms with E-state index in [9.17, 15) is 18.5 Å². The van der Waals surface area contributed by atoms with Gasteiger partial charge < -0.3 is 5.73 Å². The molecule has 7 nitrogen and oxygen atoms in total. The first-order chi connectivity index (χ1) is 9.90. The molecule has 1 aromatic carbocycles. The van der Waals surface area contributed by atoms with Crippen LogP contribution in [0.3, 0.4) is 0 Å². The molecular weight excluding hydrogens is 294 g/mol. The van der Waals surface area contributed by atoms with Crippen molar-refractivity contribution < 1.29 is 13.3 Å². The van der Waals surface area contributed by atoms with Crippen molar-refractivity contribution in [1.29, 1.82) is 0 Å². The van der Waals surface area contributed by atoms with Gasteiger partial charge in [0.25, 0.3) is 5.69 Å². The number of nitrogen functional groups attached to an aromatic ring is 1. The van der Waals surface area contributed by atoms with E-state index >= 15 is 0 Å². The molecule has 0 spiro atoms. The third-order valence-corrected chi connectivity index (χ3v) is 5.28. The van der Waals surface area contributed by atoms with Gasteiger partial charge in [-0.25, -0.2) is 13.1 Å². The summed E-state index contributed by atoms with van der Waals surface area (Å²) in [4.78, 5) is 9.84. The second-order valence-corrected chi connectivity index (χ2v) is 7.06. The number of nitro benzene ring substituents is 1. The summed E-state index contributed by atoms with van der Waals surface area (Å²) in [5, 5.41) is 10.9. The van der Waals surface area contributed by atoms with Crippen molar-refractivity contribution in [2.24, 2.45) is 5.92 Å². The Kier molecular flexibility index (Phi) is 4.79. The number of nitro groups is 1. The van der Waals surface area contributed by atoms with Crippen LogP contribution in [0, 0.1) is 16.0 Å². The van der Waals surface area contributed by atoms with Crippen LogP contribution in [0.2, 0.25) is 0 Å². The van der Waals surface area contributed by atoms with Crippen molar-refractivity contribution in [3.05, 3.63) is 28.3 Å². The molecule has 0 radical (unpaired) electrons. The lowest BCUT2D eigenvalue weighted by molar-refractivity contribution is -0.387. The predicted molar refractivity (Wildman–Crippen MR) is 79.3 cm³/mol. The lowest BCUT2D eigenvalue weighted by Gasteiger charge is -2.11. The van der Waals surface area contributed by atoms with Gasteiger partial charge in [0.05, 0.1) is 4.92 Å². The van der Waals surface area contributed by atoms with Crippen LogP contribution in [0.5, 0.6) is 0 Å². The number of nitrogens with one attached hydrogen (secondary N) is 1. The highest BCUT2D eigenvalue weighted by Gasteiger charge is 2.26. The van der Waals surface area contributed by atoms with Gasteiger partial charge in [-0.1, -0.05) is 25.7 Å².